The molecule has 0 spiro atoms. The van der Waals surface area contributed by atoms with E-state index >= 15 is 0 Å². The molecule has 0 bridgehead atoms. The van der Waals surface area contributed by atoms with Crippen LogP contribution in [-0.4, -0.2) is 23.0 Å². The third-order valence-electron chi connectivity index (χ3n) is 3.23. The third-order valence-corrected chi connectivity index (χ3v) is 5.39. The number of hydrogen-bond donors (Lipinski definition) is 1. The zero-order chi connectivity index (χ0) is 16.6. The number of carbonyl (C=O) groups is 1. The average molecular weight is 367 g/mol. The molecule has 8 heteroatoms. The van der Waals surface area contributed by atoms with Crippen LogP contribution in [0.25, 0.3) is 21.3 Å². The van der Waals surface area contributed by atoms with E-state index in [2.05, 4.69) is 9.97 Å². The summed E-state index contributed by atoms with van der Waals surface area (Å²) in [7, 11) is 1.30. The van der Waals surface area contributed by atoms with Crippen LogP contribution in [0.5, 0.6) is 0 Å². The highest BCUT2D eigenvalue weighted by atomic mass is 35.5. The number of aromatic amines is 1. The maximum Gasteiger partial charge on any atom is 0.348 e. The van der Waals surface area contributed by atoms with Crippen molar-refractivity contribution in [2.24, 2.45) is 0 Å². The van der Waals surface area contributed by atoms with E-state index < -0.39 is 5.97 Å². The normalized spacial score (nSPS) is 11.9. The molecule has 0 aliphatic rings. The first-order chi connectivity index (χ1) is 11.0. The zero-order valence-corrected chi connectivity index (χ0v) is 14.6. The number of ether oxygens (including phenoxy) is 1. The van der Waals surface area contributed by atoms with Crippen LogP contribution >= 0.6 is 34.3 Å². The molecule has 3 rings (SSSR count). The highest BCUT2D eigenvalue weighted by Crippen LogP contribution is 2.29. The molecule has 118 valence electrons. The molecular weight excluding hydrogens is 356 g/mol. The smallest absolute Gasteiger partial charge is 0.348 e. The van der Waals surface area contributed by atoms with E-state index in [0.717, 1.165) is 16.9 Å². The van der Waals surface area contributed by atoms with E-state index in [0.29, 0.717) is 25.7 Å². The number of H-pyrrole nitrogens is 1. The lowest BCUT2D eigenvalue weighted by Crippen LogP contribution is -2.10. The Hall–Kier alpha value is -1.96. The van der Waals surface area contributed by atoms with Crippen LogP contribution in [0.3, 0.4) is 0 Å². The Kier molecular flexibility index (Phi) is 4.34. The van der Waals surface area contributed by atoms with Crippen LogP contribution in [0.2, 0.25) is 0 Å². The number of halogens is 1. The summed E-state index contributed by atoms with van der Waals surface area (Å²) in [5.74, 6) is -0.209. The fourth-order valence-corrected chi connectivity index (χ4v) is 4.05. The van der Waals surface area contributed by atoms with Gasteiger partial charge < -0.3 is 9.72 Å². The number of hydrogen-bond acceptors (Lipinski definition) is 6. The van der Waals surface area contributed by atoms with E-state index in [1.807, 2.05) is 16.8 Å². The number of nitrogens with one attached hydrogen (secondary N) is 1. The molecule has 0 aromatic carbocycles. The molecule has 0 radical (unpaired) electrons. The summed E-state index contributed by atoms with van der Waals surface area (Å²) in [5, 5.41) is 4.58. The van der Waals surface area contributed by atoms with Gasteiger partial charge in [-0.1, -0.05) is 11.6 Å². The summed E-state index contributed by atoms with van der Waals surface area (Å²) >= 11 is 8.92. The molecule has 3 aromatic heterocycles. The highest BCUT2D eigenvalue weighted by molar-refractivity contribution is 7.20. The standard InChI is InChI=1S/C15H11ClN2O3S2/c1-7-10-13(19)17-12(9(16)5-8-3-4-22-6-8)18-14(10)23-11(7)15(20)21-2/h3-6H,1-2H3,(H,17,18,19)/b9-5-. The molecule has 5 nitrogen and oxygen atoms in total. The number of nitrogens with zero attached hydrogens (tertiary/aromatic N) is 1. The van der Waals surface area contributed by atoms with Gasteiger partial charge in [0.15, 0.2) is 5.82 Å². The third kappa shape index (κ3) is 2.95. The first kappa shape index (κ1) is 15.9. The van der Waals surface area contributed by atoms with Gasteiger partial charge in [0.05, 0.1) is 17.5 Å². The fraction of sp³-hybridized carbons (Fsp3) is 0.133. The quantitative estimate of drug-likeness (QED) is 0.714. The van der Waals surface area contributed by atoms with Crippen molar-refractivity contribution in [3.63, 3.8) is 0 Å². The van der Waals surface area contributed by atoms with Crippen molar-refractivity contribution in [1.29, 1.82) is 0 Å². The van der Waals surface area contributed by atoms with Crippen LogP contribution in [0.1, 0.15) is 26.6 Å². The van der Waals surface area contributed by atoms with Gasteiger partial charge in [0.1, 0.15) is 9.71 Å². The van der Waals surface area contributed by atoms with Crippen LogP contribution in [0.15, 0.2) is 21.6 Å². The molecule has 1 N–H and O–H groups in total. The van der Waals surface area contributed by atoms with Crippen molar-refractivity contribution >= 4 is 61.6 Å². The van der Waals surface area contributed by atoms with Crippen molar-refractivity contribution in [3.8, 4) is 0 Å². The van der Waals surface area contributed by atoms with Crippen molar-refractivity contribution in [1.82, 2.24) is 9.97 Å². The minimum Gasteiger partial charge on any atom is -0.465 e. The predicted octanol–water partition coefficient (Wildman–Crippen LogP) is 3.88. The minimum atomic E-state index is -0.480. The Balaban J connectivity index is 2.15. The molecule has 0 unspecified atom stereocenters. The lowest BCUT2D eigenvalue weighted by molar-refractivity contribution is 0.0605. The topological polar surface area (TPSA) is 72.0 Å². The molecule has 0 aliphatic heterocycles. The second-order valence-electron chi connectivity index (χ2n) is 4.69. The van der Waals surface area contributed by atoms with Gasteiger partial charge in [-0.25, -0.2) is 9.78 Å². The van der Waals surface area contributed by atoms with Crippen molar-refractivity contribution in [2.75, 3.05) is 7.11 Å². The maximum absolute atomic E-state index is 12.3. The van der Waals surface area contributed by atoms with E-state index in [-0.39, 0.29) is 11.4 Å². The Morgan fingerprint density at radius 2 is 2.26 bits per heavy atom. The van der Waals surface area contributed by atoms with Crippen molar-refractivity contribution < 1.29 is 9.53 Å². The predicted molar refractivity (Wildman–Crippen MR) is 94.4 cm³/mol. The van der Waals surface area contributed by atoms with Gasteiger partial charge in [-0.05, 0) is 41.0 Å². The second-order valence-corrected chi connectivity index (χ2v) is 6.88. The number of thiophene rings is 2. The lowest BCUT2D eigenvalue weighted by atomic mass is 10.2. The number of aryl methyl sites for hydroxylation is 1. The van der Waals surface area contributed by atoms with E-state index in [1.165, 1.54) is 7.11 Å². The monoisotopic (exact) mass is 366 g/mol. The number of rotatable bonds is 3. The van der Waals surface area contributed by atoms with Gasteiger partial charge in [-0.2, -0.15) is 11.3 Å². The van der Waals surface area contributed by atoms with E-state index in [1.54, 1.807) is 24.3 Å². The van der Waals surface area contributed by atoms with Crippen LogP contribution < -0.4 is 5.56 Å². The Bertz CT molecular complexity index is 971. The summed E-state index contributed by atoms with van der Waals surface area (Å²) in [6.45, 7) is 1.70. The van der Waals surface area contributed by atoms with Crippen molar-refractivity contribution in [2.45, 2.75) is 6.92 Å². The molecule has 0 aliphatic carbocycles. The lowest BCUT2D eigenvalue weighted by Gasteiger charge is -1.99. The molecule has 0 fully saturated rings. The van der Waals surface area contributed by atoms with Crippen LogP contribution in [0.4, 0.5) is 0 Å². The SMILES string of the molecule is COC(=O)c1sc2nc(/C(Cl)=C/c3ccsc3)[nH]c(=O)c2c1C. The summed E-state index contributed by atoms with van der Waals surface area (Å²) in [5.41, 5.74) is 1.17. The zero-order valence-electron chi connectivity index (χ0n) is 12.2. The minimum absolute atomic E-state index is 0.271. The molecule has 0 saturated carbocycles. The average Bonchev–Trinajstić information content (AvgIpc) is 3.14. The molecule has 3 aromatic rings. The Labute approximate surface area is 144 Å². The molecule has 0 saturated heterocycles. The number of methoxy groups -OCH3 is 1. The fourth-order valence-electron chi connectivity index (χ4n) is 2.12. The summed E-state index contributed by atoms with van der Waals surface area (Å²) in [6.07, 6.45) is 1.73. The largest absolute Gasteiger partial charge is 0.465 e. The highest BCUT2D eigenvalue weighted by Gasteiger charge is 2.20. The van der Waals surface area contributed by atoms with Gasteiger partial charge in [-0.15, -0.1) is 11.3 Å². The number of aromatic nitrogens is 2. The van der Waals surface area contributed by atoms with E-state index in [4.69, 9.17) is 16.3 Å². The van der Waals surface area contributed by atoms with Gasteiger partial charge in [-0.3, -0.25) is 4.79 Å². The van der Waals surface area contributed by atoms with Crippen LogP contribution in [-0.2, 0) is 4.74 Å². The van der Waals surface area contributed by atoms with Gasteiger partial charge in [0.25, 0.3) is 5.56 Å². The number of fused-ring (bicyclic) bond motifs is 1. The molecular formula is C15H11ClN2O3S2. The number of esters is 1. The molecule has 0 atom stereocenters. The van der Waals surface area contributed by atoms with Crippen molar-refractivity contribution in [3.05, 3.63) is 49.0 Å². The Morgan fingerprint density at radius 3 is 2.91 bits per heavy atom. The second kappa shape index (κ2) is 6.27. The molecule has 0 amide bonds. The maximum atomic E-state index is 12.3. The Morgan fingerprint density at radius 1 is 1.48 bits per heavy atom. The molecule has 3 heterocycles. The van der Waals surface area contributed by atoms with Gasteiger partial charge in [0, 0.05) is 0 Å². The van der Waals surface area contributed by atoms with E-state index in [9.17, 15) is 9.59 Å². The number of carbonyl (C=O) groups excluding carboxylic acids is 1. The van der Waals surface area contributed by atoms with Gasteiger partial charge in [0.2, 0.25) is 0 Å². The van der Waals surface area contributed by atoms with Gasteiger partial charge >= 0.3 is 5.97 Å². The summed E-state index contributed by atoms with van der Waals surface area (Å²) in [6, 6.07) is 1.91. The first-order valence-electron chi connectivity index (χ1n) is 6.52. The summed E-state index contributed by atoms with van der Waals surface area (Å²) < 4.78 is 4.73. The first-order valence-corrected chi connectivity index (χ1v) is 8.66. The molecule has 23 heavy (non-hydrogen) atoms. The van der Waals surface area contributed by atoms with Crippen LogP contribution in [0, 0.1) is 6.92 Å². The summed E-state index contributed by atoms with van der Waals surface area (Å²) in [4.78, 5) is 31.9.